The maximum absolute atomic E-state index is 12.5. The zero-order valence-electron chi connectivity index (χ0n) is 14.8. The lowest BCUT2D eigenvalue weighted by Crippen LogP contribution is -2.36. The lowest BCUT2D eigenvalue weighted by Gasteiger charge is -2.30. The first-order chi connectivity index (χ1) is 12.5. The Balaban J connectivity index is 1.76. The number of hydrogen-bond acceptors (Lipinski definition) is 5. The highest BCUT2D eigenvalue weighted by Crippen LogP contribution is 2.33. The van der Waals surface area contributed by atoms with E-state index in [1.54, 1.807) is 6.92 Å². The highest BCUT2D eigenvalue weighted by molar-refractivity contribution is 5.95. The van der Waals surface area contributed by atoms with Crippen molar-refractivity contribution in [2.24, 2.45) is 0 Å². The molecule has 1 aliphatic rings. The van der Waals surface area contributed by atoms with Crippen LogP contribution in [0.4, 0.5) is 17.1 Å². The Morgan fingerprint density at radius 1 is 1.35 bits per heavy atom. The number of nitro benzene ring substituents is 1. The molecule has 0 saturated carbocycles. The fraction of sp³-hybridized carbons (Fsp3) is 0.316. The van der Waals surface area contributed by atoms with E-state index in [1.807, 2.05) is 18.2 Å². The molecule has 0 aromatic heterocycles. The molecule has 3 rings (SSSR count). The number of nitro groups is 1. The molecule has 0 fully saturated rings. The Morgan fingerprint density at radius 3 is 2.85 bits per heavy atom. The van der Waals surface area contributed by atoms with Crippen LogP contribution in [-0.4, -0.2) is 31.0 Å². The summed E-state index contributed by atoms with van der Waals surface area (Å²) < 4.78 is 5.08. The summed E-state index contributed by atoms with van der Waals surface area (Å²) in [5.41, 5.74) is 3.35. The maximum atomic E-state index is 12.5. The molecule has 1 aliphatic heterocycles. The van der Waals surface area contributed by atoms with Gasteiger partial charge in [-0.2, -0.15) is 0 Å². The summed E-state index contributed by atoms with van der Waals surface area (Å²) in [4.78, 5) is 25.2. The molecule has 26 heavy (non-hydrogen) atoms. The van der Waals surface area contributed by atoms with Gasteiger partial charge in [0.05, 0.1) is 18.6 Å². The number of ether oxygens (including phenoxy) is 1. The van der Waals surface area contributed by atoms with Gasteiger partial charge in [-0.25, -0.2) is 0 Å². The zero-order valence-corrected chi connectivity index (χ0v) is 14.8. The third-order valence-corrected chi connectivity index (χ3v) is 4.54. The van der Waals surface area contributed by atoms with E-state index >= 15 is 0 Å². The van der Waals surface area contributed by atoms with Gasteiger partial charge >= 0.3 is 5.69 Å². The minimum atomic E-state index is -0.498. The molecule has 1 amide bonds. The van der Waals surface area contributed by atoms with Crippen molar-refractivity contribution >= 4 is 23.0 Å². The van der Waals surface area contributed by atoms with Crippen LogP contribution in [0.15, 0.2) is 36.4 Å². The summed E-state index contributed by atoms with van der Waals surface area (Å²) in [7, 11) is 1.37. The number of benzene rings is 2. The van der Waals surface area contributed by atoms with E-state index in [-0.39, 0.29) is 23.9 Å². The number of aryl methyl sites for hydroxylation is 2. The first kappa shape index (κ1) is 17.7. The van der Waals surface area contributed by atoms with Crippen molar-refractivity contribution in [2.75, 3.05) is 30.4 Å². The molecule has 7 nitrogen and oxygen atoms in total. The molecule has 0 spiro atoms. The average Bonchev–Trinajstić information content (AvgIpc) is 2.63. The number of rotatable bonds is 5. The van der Waals surface area contributed by atoms with E-state index < -0.39 is 4.92 Å². The average molecular weight is 355 g/mol. The van der Waals surface area contributed by atoms with Crippen LogP contribution in [0.5, 0.6) is 5.75 Å². The minimum absolute atomic E-state index is 0.118. The molecule has 136 valence electrons. The van der Waals surface area contributed by atoms with Gasteiger partial charge in [0.1, 0.15) is 0 Å². The number of anilines is 2. The molecule has 0 radical (unpaired) electrons. The number of methoxy groups -OCH3 is 1. The van der Waals surface area contributed by atoms with Crippen molar-refractivity contribution in [1.29, 1.82) is 0 Å². The molecule has 2 aromatic carbocycles. The predicted molar refractivity (Wildman–Crippen MR) is 100.0 cm³/mol. The molecule has 2 aromatic rings. The van der Waals surface area contributed by atoms with Crippen molar-refractivity contribution < 1.29 is 14.5 Å². The van der Waals surface area contributed by atoms with Crippen LogP contribution in [0, 0.1) is 17.0 Å². The van der Waals surface area contributed by atoms with Crippen LogP contribution in [-0.2, 0) is 11.2 Å². The maximum Gasteiger partial charge on any atom is 0.311 e. The summed E-state index contributed by atoms with van der Waals surface area (Å²) in [6, 6.07) is 11.0. The third kappa shape index (κ3) is 3.61. The molecule has 0 saturated heterocycles. The lowest BCUT2D eigenvalue weighted by atomic mass is 10.0. The number of hydrogen-bond donors (Lipinski definition) is 1. The monoisotopic (exact) mass is 355 g/mol. The van der Waals surface area contributed by atoms with Gasteiger partial charge < -0.3 is 15.0 Å². The summed E-state index contributed by atoms with van der Waals surface area (Å²) in [6.07, 6.45) is 2.03. The van der Waals surface area contributed by atoms with Gasteiger partial charge in [0.25, 0.3) is 0 Å². The Morgan fingerprint density at radius 2 is 2.12 bits per heavy atom. The van der Waals surface area contributed by atoms with Gasteiger partial charge in [0.2, 0.25) is 5.91 Å². The standard InChI is InChI=1S/C19H21N3O4/c1-13-10-17(22(24)25)18(26-2)11-15(13)20-19(23)12-21-9-5-7-14-6-3-4-8-16(14)21/h3-4,6,8,10-11H,5,7,9,12H2,1-2H3,(H,20,23). The topological polar surface area (TPSA) is 84.7 Å². The highest BCUT2D eigenvalue weighted by Gasteiger charge is 2.21. The van der Waals surface area contributed by atoms with Crippen molar-refractivity contribution in [3.05, 3.63) is 57.6 Å². The molecular weight excluding hydrogens is 334 g/mol. The van der Waals surface area contributed by atoms with Crippen molar-refractivity contribution in [3.63, 3.8) is 0 Å². The fourth-order valence-corrected chi connectivity index (χ4v) is 3.25. The molecule has 1 N–H and O–H groups in total. The molecular formula is C19H21N3O4. The van der Waals surface area contributed by atoms with Crippen LogP contribution in [0.2, 0.25) is 0 Å². The Labute approximate surface area is 151 Å². The highest BCUT2D eigenvalue weighted by atomic mass is 16.6. The smallest absolute Gasteiger partial charge is 0.311 e. The van der Waals surface area contributed by atoms with Gasteiger partial charge in [0.15, 0.2) is 5.75 Å². The second-order valence-corrected chi connectivity index (χ2v) is 6.30. The first-order valence-corrected chi connectivity index (χ1v) is 8.45. The largest absolute Gasteiger partial charge is 0.490 e. The summed E-state index contributed by atoms with van der Waals surface area (Å²) >= 11 is 0. The third-order valence-electron chi connectivity index (χ3n) is 4.54. The number of nitrogens with zero attached hydrogens (tertiary/aromatic N) is 2. The quantitative estimate of drug-likeness (QED) is 0.657. The SMILES string of the molecule is COc1cc(NC(=O)CN2CCCc3ccccc32)c(C)cc1[N+](=O)[O-]. The van der Waals surface area contributed by atoms with Crippen LogP contribution < -0.4 is 15.0 Å². The minimum Gasteiger partial charge on any atom is -0.490 e. The van der Waals surface area contributed by atoms with E-state index in [1.165, 1.54) is 24.8 Å². The van der Waals surface area contributed by atoms with Crippen LogP contribution >= 0.6 is 0 Å². The predicted octanol–water partition coefficient (Wildman–Crippen LogP) is 3.30. The van der Waals surface area contributed by atoms with Crippen LogP contribution in [0.1, 0.15) is 17.5 Å². The van der Waals surface area contributed by atoms with Gasteiger partial charge in [-0.3, -0.25) is 14.9 Å². The Kier molecular flexibility index (Phi) is 5.06. The van der Waals surface area contributed by atoms with E-state index in [0.717, 1.165) is 25.1 Å². The van der Waals surface area contributed by atoms with Crippen molar-refractivity contribution in [2.45, 2.75) is 19.8 Å². The molecule has 0 atom stereocenters. The van der Waals surface area contributed by atoms with E-state index in [9.17, 15) is 14.9 Å². The van der Waals surface area contributed by atoms with Crippen molar-refractivity contribution in [3.8, 4) is 5.75 Å². The summed E-state index contributed by atoms with van der Waals surface area (Å²) in [5, 5.41) is 13.9. The normalized spacial score (nSPS) is 13.1. The molecule has 7 heteroatoms. The Bertz CT molecular complexity index is 851. The van der Waals surface area contributed by atoms with Gasteiger partial charge in [-0.1, -0.05) is 18.2 Å². The lowest BCUT2D eigenvalue weighted by molar-refractivity contribution is -0.385. The van der Waals surface area contributed by atoms with E-state index in [2.05, 4.69) is 16.3 Å². The van der Waals surface area contributed by atoms with Crippen LogP contribution in [0.25, 0.3) is 0 Å². The Hall–Kier alpha value is -3.09. The molecule has 1 heterocycles. The van der Waals surface area contributed by atoms with Crippen molar-refractivity contribution in [1.82, 2.24) is 0 Å². The molecule has 0 aliphatic carbocycles. The van der Waals surface area contributed by atoms with Gasteiger partial charge in [0, 0.05) is 30.1 Å². The number of fused-ring (bicyclic) bond motifs is 1. The second-order valence-electron chi connectivity index (χ2n) is 6.30. The molecule has 0 unspecified atom stereocenters. The summed E-state index contributed by atoms with van der Waals surface area (Å²) in [5.74, 6) is -0.0417. The fourth-order valence-electron chi connectivity index (χ4n) is 3.25. The number of carbonyl (C=O) groups excluding carboxylic acids is 1. The zero-order chi connectivity index (χ0) is 18.7. The molecule has 0 bridgehead atoms. The number of amides is 1. The van der Waals surface area contributed by atoms with Gasteiger partial charge in [-0.05, 0) is 37.0 Å². The van der Waals surface area contributed by atoms with Crippen LogP contribution in [0.3, 0.4) is 0 Å². The second kappa shape index (κ2) is 7.43. The summed E-state index contributed by atoms with van der Waals surface area (Å²) in [6.45, 7) is 2.78. The number of carbonyl (C=O) groups is 1. The van der Waals surface area contributed by atoms with E-state index in [4.69, 9.17) is 4.74 Å². The number of nitrogens with one attached hydrogen (secondary N) is 1. The first-order valence-electron chi connectivity index (χ1n) is 8.45. The number of para-hydroxylation sites is 1. The van der Waals surface area contributed by atoms with E-state index in [0.29, 0.717) is 11.3 Å². The van der Waals surface area contributed by atoms with Gasteiger partial charge in [-0.15, -0.1) is 0 Å².